The van der Waals surface area contributed by atoms with E-state index in [1.54, 1.807) is 0 Å². The number of carbonyl (C=O) groups excluding carboxylic acids is 1. The van der Waals surface area contributed by atoms with Crippen molar-refractivity contribution in [3.63, 3.8) is 0 Å². The normalized spacial score (nSPS) is 16.3. The fraction of sp³-hybridized carbons (Fsp3) is 0.818. The van der Waals surface area contributed by atoms with Crippen LogP contribution < -0.4 is 10.6 Å². The molecule has 0 aromatic rings. The van der Waals surface area contributed by atoms with Crippen molar-refractivity contribution in [3.8, 4) is 0 Å². The van der Waals surface area contributed by atoms with Crippen LogP contribution in [0, 0.1) is 5.92 Å². The van der Waals surface area contributed by atoms with E-state index in [2.05, 4.69) is 10.6 Å². The summed E-state index contributed by atoms with van der Waals surface area (Å²) in [5, 5.41) is 22.3. The van der Waals surface area contributed by atoms with E-state index in [-0.39, 0.29) is 13.0 Å². The fourth-order valence-electron chi connectivity index (χ4n) is 1.59. The zero-order valence-corrected chi connectivity index (χ0v) is 9.82. The number of carbonyl (C=O) groups is 2. The van der Waals surface area contributed by atoms with Crippen molar-refractivity contribution in [1.29, 1.82) is 0 Å². The van der Waals surface area contributed by atoms with Gasteiger partial charge in [0.05, 0.1) is 0 Å². The highest BCUT2D eigenvalue weighted by Gasteiger charge is 2.21. The first-order chi connectivity index (χ1) is 8.13. The maximum absolute atomic E-state index is 11.3. The van der Waals surface area contributed by atoms with Gasteiger partial charge < -0.3 is 20.8 Å². The number of aliphatic carboxylic acids is 1. The number of nitrogens with one attached hydrogen (secondary N) is 2. The van der Waals surface area contributed by atoms with Gasteiger partial charge in [0.2, 0.25) is 0 Å². The molecule has 0 aromatic carbocycles. The molecule has 4 N–H and O–H groups in total. The second-order valence-corrected chi connectivity index (χ2v) is 4.39. The van der Waals surface area contributed by atoms with Crippen LogP contribution in [0.4, 0.5) is 4.79 Å². The van der Waals surface area contributed by atoms with Crippen LogP contribution in [0.5, 0.6) is 0 Å². The maximum atomic E-state index is 11.3. The Morgan fingerprint density at radius 1 is 1.35 bits per heavy atom. The molecular formula is C11H20N2O4. The Balaban J connectivity index is 2.09. The van der Waals surface area contributed by atoms with E-state index in [0.717, 1.165) is 18.8 Å². The van der Waals surface area contributed by atoms with Gasteiger partial charge in [-0.25, -0.2) is 9.59 Å². The molecule has 0 radical (unpaired) electrons. The SMILES string of the molecule is O=C(NCCCC1CC1)NC(CCO)C(=O)O. The second kappa shape index (κ2) is 7.11. The second-order valence-electron chi connectivity index (χ2n) is 4.39. The number of aliphatic hydroxyl groups is 1. The molecule has 98 valence electrons. The number of carboxylic acid groups (broad SMARTS) is 1. The standard InChI is InChI=1S/C11H20N2O4/c14-7-5-9(10(15)16)13-11(17)12-6-1-2-8-3-4-8/h8-9,14H,1-7H2,(H,15,16)(H2,12,13,17). The molecule has 0 saturated heterocycles. The van der Waals surface area contributed by atoms with E-state index in [4.69, 9.17) is 10.2 Å². The van der Waals surface area contributed by atoms with Gasteiger partial charge in [-0.2, -0.15) is 0 Å². The summed E-state index contributed by atoms with van der Waals surface area (Å²) in [6.45, 7) is 0.298. The van der Waals surface area contributed by atoms with Gasteiger partial charge in [-0.05, 0) is 18.8 Å². The summed E-state index contributed by atoms with van der Waals surface area (Å²) < 4.78 is 0. The van der Waals surface area contributed by atoms with Crippen LogP contribution in [0.2, 0.25) is 0 Å². The number of urea groups is 1. The van der Waals surface area contributed by atoms with Crippen LogP contribution in [0.1, 0.15) is 32.1 Å². The van der Waals surface area contributed by atoms with E-state index in [0.29, 0.717) is 6.54 Å². The number of aliphatic hydroxyl groups excluding tert-OH is 1. The van der Waals surface area contributed by atoms with Crippen molar-refractivity contribution in [2.75, 3.05) is 13.2 Å². The predicted octanol–water partition coefficient (Wildman–Crippen LogP) is 0.311. The van der Waals surface area contributed by atoms with Crippen molar-refractivity contribution >= 4 is 12.0 Å². The number of amides is 2. The highest BCUT2D eigenvalue weighted by Crippen LogP contribution is 2.33. The number of rotatable bonds is 8. The summed E-state index contributed by atoms with van der Waals surface area (Å²) in [7, 11) is 0. The molecule has 6 heteroatoms. The summed E-state index contributed by atoms with van der Waals surface area (Å²) in [5.74, 6) is -0.298. The molecule has 1 unspecified atom stereocenters. The lowest BCUT2D eigenvalue weighted by atomic mass is 10.2. The average Bonchev–Trinajstić information content (AvgIpc) is 3.07. The van der Waals surface area contributed by atoms with Crippen molar-refractivity contribution in [3.05, 3.63) is 0 Å². The first-order valence-electron chi connectivity index (χ1n) is 6.01. The van der Waals surface area contributed by atoms with E-state index in [1.807, 2.05) is 0 Å². The Morgan fingerprint density at radius 3 is 2.59 bits per heavy atom. The Bertz CT molecular complexity index is 266. The molecule has 1 aliphatic rings. The molecule has 1 aliphatic carbocycles. The van der Waals surface area contributed by atoms with Crippen LogP contribution in [0.25, 0.3) is 0 Å². The van der Waals surface area contributed by atoms with Crippen LogP contribution in [0.3, 0.4) is 0 Å². The number of hydrogen-bond acceptors (Lipinski definition) is 3. The summed E-state index contributed by atoms with van der Waals surface area (Å²) in [4.78, 5) is 22.0. The summed E-state index contributed by atoms with van der Waals surface area (Å²) >= 11 is 0. The third kappa shape index (κ3) is 6.11. The third-order valence-electron chi connectivity index (χ3n) is 2.79. The first kappa shape index (κ1) is 13.8. The van der Waals surface area contributed by atoms with Gasteiger partial charge in [-0.1, -0.05) is 12.8 Å². The number of carboxylic acids is 1. The van der Waals surface area contributed by atoms with Crippen molar-refractivity contribution in [2.45, 2.75) is 38.1 Å². The Labute approximate surface area is 100 Å². The van der Waals surface area contributed by atoms with Gasteiger partial charge in [0.25, 0.3) is 0 Å². The van der Waals surface area contributed by atoms with Gasteiger partial charge in [-0.15, -0.1) is 0 Å². The average molecular weight is 244 g/mol. The van der Waals surface area contributed by atoms with Crippen LogP contribution >= 0.6 is 0 Å². The van der Waals surface area contributed by atoms with Crippen molar-refractivity contribution < 1.29 is 19.8 Å². The van der Waals surface area contributed by atoms with Gasteiger partial charge in [0.15, 0.2) is 0 Å². The molecule has 2 amide bonds. The summed E-state index contributed by atoms with van der Waals surface area (Å²) in [5.41, 5.74) is 0. The van der Waals surface area contributed by atoms with E-state index >= 15 is 0 Å². The molecule has 0 bridgehead atoms. The molecule has 0 aliphatic heterocycles. The zero-order chi connectivity index (χ0) is 12.7. The smallest absolute Gasteiger partial charge is 0.326 e. The molecule has 1 fully saturated rings. The number of hydrogen-bond donors (Lipinski definition) is 4. The topological polar surface area (TPSA) is 98.7 Å². The molecule has 1 saturated carbocycles. The monoisotopic (exact) mass is 244 g/mol. The van der Waals surface area contributed by atoms with Crippen LogP contribution in [0.15, 0.2) is 0 Å². The Hall–Kier alpha value is -1.30. The molecular weight excluding hydrogens is 224 g/mol. The summed E-state index contributed by atoms with van der Waals surface area (Å²) in [6, 6.07) is -1.51. The van der Waals surface area contributed by atoms with Gasteiger partial charge in [-0.3, -0.25) is 0 Å². The highest BCUT2D eigenvalue weighted by molar-refractivity contribution is 5.82. The minimum atomic E-state index is -1.13. The highest BCUT2D eigenvalue weighted by atomic mass is 16.4. The lowest BCUT2D eigenvalue weighted by molar-refractivity contribution is -0.139. The molecule has 0 spiro atoms. The molecule has 17 heavy (non-hydrogen) atoms. The molecule has 1 atom stereocenters. The lowest BCUT2D eigenvalue weighted by Crippen LogP contribution is -2.46. The molecule has 0 heterocycles. The van der Waals surface area contributed by atoms with Crippen molar-refractivity contribution in [2.24, 2.45) is 5.92 Å². The third-order valence-corrected chi connectivity index (χ3v) is 2.79. The quantitative estimate of drug-likeness (QED) is 0.462. The molecule has 1 rings (SSSR count). The van der Waals surface area contributed by atoms with E-state index < -0.39 is 18.0 Å². The van der Waals surface area contributed by atoms with E-state index in [9.17, 15) is 9.59 Å². The largest absolute Gasteiger partial charge is 0.480 e. The Kier molecular flexibility index (Phi) is 5.76. The van der Waals surface area contributed by atoms with Gasteiger partial charge >= 0.3 is 12.0 Å². The van der Waals surface area contributed by atoms with Crippen molar-refractivity contribution in [1.82, 2.24) is 10.6 Å². The zero-order valence-electron chi connectivity index (χ0n) is 9.82. The lowest BCUT2D eigenvalue weighted by Gasteiger charge is -2.13. The minimum absolute atomic E-state index is 0.0187. The van der Waals surface area contributed by atoms with Gasteiger partial charge in [0.1, 0.15) is 6.04 Å². The maximum Gasteiger partial charge on any atom is 0.326 e. The minimum Gasteiger partial charge on any atom is -0.480 e. The van der Waals surface area contributed by atoms with E-state index in [1.165, 1.54) is 12.8 Å². The fourth-order valence-corrected chi connectivity index (χ4v) is 1.59. The molecule has 0 aromatic heterocycles. The molecule has 6 nitrogen and oxygen atoms in total. The summed E-state index contributed by atoms with van der Waals surface area (Å²) in [6.07, 6.45) is 4.66. The van der Waals surface area contributed by atoms with Gasteiger partial charge in [0, 0.05) is 19.6 Å². The predicted molar refractivity (Wildman–Crippen MR) is 61.6 cm³/mol. The van der Waals surface area contributed by atoms with Crippen LogP contribution in [-0.2, 0) is 4.79 Å². The first-order valence-corrected chi connectivity index (χ1v) is 6.01. The Morgan fingerprint density at radius 2 is 2.06 bits per heavy atom. The van der Waals surface area contributed by atoms with Crippen LogP contribution in [-0.4, -0.2) is 41.4 Å².